The zero-order valence-corrected chi connectivity index (χ0v) is 13.9. The lowest BCUT2D eigenvalue weighted by Gasteiger charge is -2.14. The lowest BCUT2D eigenvalue weighted by atomic mass is 10.2. The average molecular weight is 399 g/mol. The Kier molecular flexibility index (Phi) is 5.69. The minimum atomic E-state index is -0.247. The van der Waals surface area contributed by atoms with E-state index in [1.807, 2.05) is 37.4 Å². The molecule has 0 saturated carbocycles. The Hall–Kier alpha value is -1.47. The Morgan fingerprint density at radius 1 is 1.24 bits per heavy atom. The molecule has 2 aromatic rings. The Bertz CT molecular complexity index is 633. The molecule has 0 bridgehead atoms. The van der Waals surface area contributed by atoms with E-state index in [0.717, 1.165) is 19.7 Å². The molecule has 0 aromatic heterocycles. The number of para-hydroxylation sites is 1. The first-order valence-corrected chi connectivity index (χ1v) is 7.72. The maximum atomic E-state index is 13.1. The van der Waals surface area contributed by atoms with E-state index >= 15 is 0 Å². The summed E-state index contributed by atoms with van der Waals surface area (Å²) in [5.74, 6) is -0.295. The molecule has 0 saturated heterocycles. The van der Waals surface area contributed by atoms with Crippen LogP contribution in [0.25, 0.3) is 0 Å². The highest BCUT2D eigenvalue weighted by molar-refractivity contribution is 14.1. The number of nitrogens with one attached hydrogen (secondary N) is 2. The van der Waals surface area contributed by atoms with Crippen LogP contribution in [0.5, 0.6) is 0 Å². The van der Waals surface area contributed by atoms with Crippen molar-refractivity contribution in [1.82, 2.24) is 0 Å². The molecule has 1 amide bonds. The molecule has 0 radical (unpaired) electrons. The molecule has 0 aliphatic rings. The predicted octanol–water partition coefficient (Wildman–Crippen LogP) is 2.08. The number of rotatable bonds is 5. The van der Waals surface area contributed by atoms with Gasteiger partial charge in [-0.25, -0.2) is 4.39 Å². The highest BCUT2D eigenvalue weighted by atomic mass is 127. The molecule has 1 unspecified atom stereocenters. The Morgan fingerprint density at radius 3 is 2.71 bits per heavy atom. The fourth-order valence-corrected chi connectivity index (χ4v) is 2.61. The van der Waals surface area contributed by atoms with Crippen molar-refractivity contribution < 1.29 is 14.1 Å². The van der Waals surface area contributed by atoms with Crippen molar-refractivity contribution in [2.75, 3.05) is 18.9 Å². The number of benzene rings is 2. The van der Waals surface area contributed by atoms with Crippen molar-refractivity contribution in [3.05, 3.63) is 63.5 Å². The van der Waals surface area contributed by atoms with Crippen molar-refractivity contribution in [3.8, 4) is 0 Å². The summed E-state index contributed by atoms with van der Waals surface area (Å²) in [7, 11) is 1.92. The molecule has 3 nitrogen and oxygen atoms in total. The predicted molar refractivity (Wildman–Crippen MR) is 89.6 cm³/mol. The molecule has 1 atom stereocenters. The number of carbonyl (C=O) groups excluding carboxylic acids is 1. The number of halogens is 2. The molecule has 2 N–H and O–H groups in total. The smallest absolute Gasteiger partial charge is 0.279 e. The van der Waals surface area contributed by atoms with Crippen LogP contribution >= 0.6 is 22.6 Å². The van der Waals surface area contributed by atoms with Crippen LogP contribution in [0.15, 0.2) is 48.5 Å². The summed E-state index contributed by atoms with van der Waals surface area (Å²) < 4.78 is 14.1. The summed E-state index contributed by atoms with van der Waals surface area (Å²) in [5.41, 5.74) is 1.70. The van der Waals surface area contributed by atoms with E-state index in [0.29, 0.717) is 13.1 Å². The van der Waals surface area contributed by atoms with Gasteiger partial charge in [0.15, 0.2) is 6.54 Å². The van der Waals surface area contributed by atoms with Crippen LogP contribution in [0.1, 0.15) is 5.56 Å². The molecular weight excluding hydrogens is 382 g/mol. The van der Waals surface area contributed by atoms with E-state index in [-0.39, 0.29) is 11.7 Å². The van der Waals surface area contributed by atoms with E-state index in [4.69, 9.17) is 0 Å². The fourth-order valence-electron chi connectivity index (χ4n) is 2.09. The molecule has 0 aliphatic heterocycles. The van der Waals surface area contributed by atoms with Gasteiger partial charge in [-0.3, -0.25) is 4.79 Å². The van der Waals surface area contributed by atoms with Crippen molar-refractivity contribution in [1.29, 1.82) is 0 Å². The van der Waals surface area contributed by atoms with Gasteiger partial charge in [-0.1, -0.05) is 24.3 Å². The molecule has 0 aliphatic carbocycles. The van der Waals surface area contributed by atoms with Crippen LogP contribution in [0.3, 0.4) is 0 Å². The van der Waals surface area contributed by atoms with Gasteiger partial charge in [-0.2, -0.15) is 0 Å². The third-order valence-corrected chi connectivity index (χ3v) is 3.95. The number of anilines is 1. The van der Waals surface area contributed by atoms with E-state index in [1.54, 1.807) is 6.07 Å². The number of hydrogen-bond donors (Lipinski definition) is 2. The molecular formula is C16H17FIN2O+. The standard InChI is InChI=1S/C16H16FIN2O/c1-20(10-12-5-4-6-13(17)9-12)11-16(21)19-15-8-3-2-7-14(15)18/h2-9H,10-11H2,1H3,(H,19,21)/p+1. The minimum Gasteiger partial charge on any atom is -0.326 e. The Morgan fingerprint density at radius 2 is 2.00 bits per heavy atom. The third kappa shape index (κ3) is 5.09. The van der Waals surface area contributed by atoms with Gasteiger partial charge in [0.2, 0.25) is 0 Å². The van der Waals surface area contributed by atoms with Crippen LogP contribution in [0, 0.1) is 9.39 Å². The maximum Gasteiger partial charge on any atom is 0.279 e. The fraction of sp³-hybridized carbons (Fsp3) is 0.188. The van der Waals surface area contributed by atoms with Gasteiger partial charge in [-0.15, -0.1) is 0 Å². The quantitative estimate of drug-likeness (QED) is 0.742. The molecule has 5 heteroatoms. The third-order valence-electron chi connectivity index (χ3n) is 3.01. The van der Waals surface area contributed by atoms with Crippen molar-refractivity contribution >= 4 is 34.2 Å². The van der Waals surface area contributed by atoms with Gasteiger partial charge in [0.25, 0.3) is 5.91 Å². The van der Waals surface area contributed by atoms with Crippen LogP contribution < -0.4 is 10.2 Å². The molecule has 21 heavy (non-hydrogen) atoms. The van der Waals surface area contributed by atoms with Crippen molar-refractivity contribution in [3.63, 3.8) is 0 Å². The number of hydrogen-bond acceptors (Lipinski definition) is 1. The van der Waals surface area contributed by atoms with Crippen LogP contribution in [0.2, 0.25) is 0 Å². The Labute approximate surface area is 137 Å². The summed E-state index contributed by atoms with van der Waals surface area (Å²) in [6.45, 7) is 0.943. The number of amides is 1. The first-order chi connectivity index (χ1) is 10.0. The molecule has 2 rings (SSSR count). The lowest BCUT2D eigenvalue weighted by Crippen LogP contribution is -3.08. The lowest BCUT2D eigenvalue weighted by molar-refractivity contribution is -0.885. The molecule has 2 aromatic carbocycles. The highest BCUT2D eigenvalue weighted by Crippen LogP contribution is 2.16. The van der Waals surface area contributed by atoms with E-state index in [2.05, 4.69) is 27.9 Å². The van der Waals surface area contributed by atoms with E-state index < -0.39 is 0 Å². The molecule has 110 valence electrons. The number of likely N-dealkylation sites (N-methyl/N-ethyl adjacent to an activating group) is 1. The van der Waals surface area contributed by atoms with Gasteiger partial charge in [0.1, 0.15) is 12.4 Å². The summed E-state index contributed by atoms with van der Waals surface area (Å²) in [5, 5.41) is 2.90. The zero-order valence-electron chi connectivity index (χ0n) is 11.7. The van der Waals surface area contributed by atoms with E-state index in [9.17, 15) is 9.18 Å². The summed E-state index contributed by atoms with van der Waals surface area (Å²) in [6.07, 6.45) is 0. The maximum absolute atomic E-state index is 13.1. The van der Waals surface area contributed by atoms with Gasteiger partial charge < -0.3 is 10.2 Å². The average Bonchev–Trinajstić information content (AvgIpc) is 2.41. The normalized spacial score (nSPS) is 12.0. The monoisotopic (exact) mass is 399 g/mol. The number of quaternary nitrogens is 1. The second kappa shape index (κ2) is 7.51. The number of carbonyl (C=O) groups is 1. The van der Waals surface area contributed by atoms with Gasteiger partial charge in [0.05, 0.1) is 12.7 Å². The summed E-state index contributed by atoms with van der Waals surface area (Å²) in [4.78, 5) is 13.0. The zero-order chi connectivity index (χ0) is 15.2. The topological polar surface area (TPSA) is 33.5 Å². The second-order valence-corrected chi connectivity index (χ2v) is 6.13. The molecule has 0 fully saturated rings. The second-order valence-electron chi connectivity index (χ2n) is 4.97. The first kappa shape index (κ1) is 15.9. The van der Waals surface area contributed by atoms with Crippen molar-refractivity contribution in [2.45, 2.75) is 6.54 Å². The molecule has 0 heterocycles. The SMILES string of the molecule is C[NH+](CC(=O)Nc1ccccc1I)Cc1cccc(F)c1. The minimum absolute atomic E-state index is 0.0481. The van der Waals surface area contributed by atoms with Crippen LogP contribution in [-0.2, 0) is 11.3 Å². The van der Waals surface area contributed by atoms with Gasteiger partial charge >= 0.3 is 0 Å². The van der Waals surface area contributed by atoms with Crippen LogP contribution in [0.4, 0.5) is 10.1 Å². The molecule has 0 spiro atoms. The van der Waals surface area contributed by atoms with Gasteiger partial charge in [0, 0.05) is 9.13 Å². The van der Waals surface area contributed by atoms with Crippen LogP contribution in [-0.4, -0.2) is 19.5 Å². The highest BCUT2D eigenvalue weighted by Gasteiger charge is 2.12. The largest absolute Gasteiger partial charge is 0.326 e. The first-order valence-electron chi connectivity index (χ1n) is 6.65. The van der Waals surface area contributed by atoms with E-state index in [1.165, 1.54) is 12.1 Å². The van der Waals surface area contributed by atoms with Gasteiger partial charge in [-0.05, 0) is 46.9 Å². The summed E-state index contributed by atoms with van der Waals surface area (Å²) in [6, 6.07) is 14.1. The summed E-state index contributed by atoms with van der Waals surface area (Å²) >= 11 is 2.19. The Balaban J connectivity index is 1.89. The van der Waals surface area contributed by atoms with Crippen molar-refractivity contribution in [2.24, 2.45) is 0 Å².